The first kappa shape index (κ1) is 38.0. The third-order valence-corrected chi connectivity index (χ3v) is 21.4. The third-order valence-electron chi connectivity index (χ3n) is 16.1. The van der Waals surface area contributed by atoms with E-state index in [4.69, 9.17) is 4.42 Å². The predicted octanol–water partition coefficient (Wildman–Crippen LogP) is 16.5. The first-order chi connectivity index (χ1) is 31.5. The molecule has 13 rings (SSSR count). The molecule has 9 aromatic rings. The molecule has 2 heterocycles. The van der Waals surface area contributed by atoms with Gasteiger partial charge in [-0.15, -0.1) is 0 Å². The van der Waals surface area contributed by atoms with Gasteiger partial charge in [-0.2, -0.15) is 0 Å². The maximum Gasteiger partial charge on any atom is 0.134 e. The highest BCUT2D eigenvalue weighted by Gasteiger charge is 2.42. The van der Waals surface area contributed by atoms with Crippen molar-refractivity contribution in [2.75, 3.05) is 0 Å². The van der Waals surface area contributed by atoms with Crippen molar-refractivity contribution in [2.45, 2.75) is 69.4 Å². The smallest absolute Gasteiger partial charge is 0.134 e. The van der Waals surface area contributed by atoms with Crippen molar-refractivity contribution in [1.29, 1.82) is 0 Å². The van der Waals surface area contributed by atoms with Gasteiger partial charge in [0, 0.05) is 22.3 Å². The fraction of sp³-hybridized carbons (Fsp3) is 0.194. The van der Waals surface area contributed by atoms with Crippen LogP contribution in [0.3, 0.4) is 0 Å². The first-order valence-corrected chi connectivity index (χ1v) is 26.2. The van der Waals surface area contributed by atoms with Gasteiger partial charge in [0.1, 0.15) is 19.4 Å². The molecule has 8 aromatic carbocycles. The highest BCUT2D eigenvalue weighted by atomic mass is 28.3. The fourth-order valence-electron chi connectivity index (χ4n) is 13.1. The Morgan fingerprint density at radius 2 is 1.23 bits per heavy atom. The maximum absolute atomic E-state index is 6.93. The molecule has 2 heteroatoms. The van der Waals surface area contributed by atoms with Crippen LogP contribution >= 0.6 is 0 Å². The minimum absolute atomic E-state index is 0.135. The Hall–Kier alpha value is -6.48. The summed E-state index contributed by atoms with van der Waals surface area (Å²) in [4.78, 5) is 0. The van der Waals surface area contributed by atoms with Gasteiger partial charge in [0.05, 0.1) is 0 Å². The zero-order valence-corrected chi connectivity index (χ0v) is 37.8. The van der Waals surface area contributed by atoms with Gasteiger partial charge in [0.15, 0.2) is 0 Å². The summed E-state index contributed by atoms with van der Waals surface area (Å²) in [5.74, 6) is 1.74. The molecule has 0 bridgehead atoms. The molecular formula is C62H52OSi. The third kappa shape index (κ3) is 5.61. The molecule has 1 nitrogen and oxygen atoms in total. The van der Waals surface area contributed by atoms with Crippen molar-refractivity contribution in [3.05, 3.63) is 209 Å². The molecule has 2 unspecified atom stereocenters. The quantitative estimate of drug-likeness (QED) is 0.124. The number of furan rings is 1. The van der Waals surface area contributed by atoms with E-state index in [1.54, 1.807) is 10.4 Å². The largest absolute Gasteiger partial charge is 0.460 e. The molecular weight excluding hydrogens is 789 g/mol. The van der Waals surface area contributed by atoms with Crippen molar-refractivity contribution in [3.63, 3.8) is 0 Å². The molecule has 2 atom stereocenters. The van der Waals surface area contributed by atoms with E-state index in [2.05, 4.69) is 196 Å². The van der Waals surface area contributed by atoms with Gasteiger partial charge < -0.3 is 4.42 Å². The van der Waals surface area contributed by atoms with Gasteiger partial charge in [-0.1, -0.05) is 207 Å². The molecule has 64 heavy (non-hydrogen) atoms. The van der Waals surface area contributed by atoms with E-state index in [1.165, 1.54) is 119 Å². The molecule has 4 aliphatic rings. The monoisotopic (exact) mass is 840 g/mol. The Morgan fingerprint density at radius 1 is 0.594 bits per heavy atom. The average Bonchev–Trinajstić information content (AvgIpc) is 3.84. The first-order valence-electron chi connectivity index (χ1n) is 23.8. The lowest BCUT2D eigenvalue weighted by molar-refractivity contribution is 0.417. The fourth-order valence-corrected chi connectivity index (χ4v) is 18.3. The second kappa shape index (κ2) is 14.5. The van der Waals surface area contributed by atoms with Crippen LogP contribution in [0.25, 0.3) is 77.2 Å². The number of fused-ring (bicyclic) bond motifs is 10. The number of rotatable bonds is 5. The van der Waals surface area contributed by atoms with Crippen LogP contribution in [-0.2, 0) is 5.41 Å². The van der Waals surface area contributed by atoms with E-state index in [0.717, 1.165) is 24.2 Å². The molecule has 0 saturated carbocycles. The predicted molar refractivity (Wildman–Crippen MR) is 274 cm³/mol. The van der Waals surface area contributed by atoms with Crippen LogP contribution in [-0.4, -0.2) is 8.07 Å². The van der Waals surface area contributed by atoms with Crippen molar-refractivity contribution >= 4 is 68.2 Å². The zero-order valence-electron chi connectivity index (χ0n) is 36.8. The van der Waals surface area contributed by atoms with Gasteiger partial charge >= 0.3 is 0 Å². The van der Waals surface area contributed by atoms with Crippen LogP contribution in [0.15, 0.2) is 186 Å². The molecule has 3 aliphatic carbocycles. The Morgan fingerprint density at radius 3 is 1.95 bits per heavy atom. The molecule has 0 N–H and O–H groups in total. The van der Waals surface area contributed by atoms with Crippen LogP contribution in [0.4, 0.5) is 0 Å². The van der Waals surface area contributed by atoms with E-state index in [0.29, 0.717) is 5.92 Å². The Bertz CT molecular complexity index is 3400. The Labute approximate surface area is 377 Å². The summed E-state index contributed by atoms with van der Waals surface area (Å²) in [6, 6.07) is 62.3. The van der Waals surface area contributed by atoms with Crippen LogP contribution in [0.5, 0.6) is 0 Å². The van der Waals surface area contributed by atoms with Gasteiger partial charge in [0.2, 0.25) is 0 Å². The summed E-state index contributed by atoms with van der Waals surface area (Å²) >= 11 is 0. The standard InChI is InChI=1S/C62H52OSi/c1-62(2)56-39-42(30-33-47(56)53-34-29-40-17-7-8-20-46(40)60(53)62)58-49-22-9-11-24-51(49)59(52-25-12-10-23-50(52)58)43-37-54(61-55(38-43)48-21-13-14-26-57(48)63-61)41-27-31-45(32-28-41)64(35-15-4-16-36-64)44-18-5-3-6-19-44/h3,5-14,17-27,29-34,38-39,41,54H,4,15-16,28,35-37H2,1-2H3. The highest BCUT2D eigenvalue weighted by molar-refractivity contribution is 6.98. The van der Waals surface area contributed by atoms with Gasteiger partial charge in [-0.3, -0.25) is 0 Å². The minimum Gasteiger partial charge on any atom is -0.460 e. The normalized spacial score (nSPS) is 19.7. The van der Waals surface area contributed by atoms with Crippen LogP contribution in [0.2, 0.25) is 12.1 Å². The van der Waals surface area contributed by atoms with Gasteiger partial charge in [-0.25, -0.2) is 0 Å². The van der Waals surface area contributed by atoms with Crippen LogP contribution in [0.1, 0.15) is 79.9 Å². The van der Waals surface area contributed by atoms with Crippen molar-refractivity contribution in [3.8, 4) is 22.3 Å². The summed E-state index contributed by atoms with van der Waals surface area (Å²) in [7, 11) is -1.80. The summed E-state index contributed by atoms with van der Waals surface area (Å²) in [5.41, 5.74) is 13.1. The van der Waals surface area contributed by atoms with E-state index in [9.17, 15) is 0 Å². The van der Waals surface area contributed by atoms with E-state index in [-0.39, 0.29) is 11.3 Å². The lowest BCUT2D eigenvalue weighted by Crippen LogP contribution is -2.51. The average molecular weight is 841 g/mol. The number of benzene rings is 8. The molecule has 0 spiro atoms. The van der Waals surface area contributed by atoms with Gasteiger partial charge in [0.25, 0.3) is 0 Å². The highest BCUT2D eigenvalue weighted by Crippen LogP contribution is 2.55. The molecule has 0 radical (unpaired) electrons. The number of hydrogen-bond donors (Lipinski definition) is 0. The molecule has 1 aromatic heterocycles. The topological polar surface area (TPSA) is 13.1 Å². The second-order valence-electron chi connectivity index (χ2n) is 19.7. The SMILES string of the molecule is CC1(C)c2cc(-c3c4ccccc4c(C4=Cc5c(oc6ccccc56)C(C5C=CC([Si]6(c7ccccc7)CCCCC6)=CC5)C4)c4ccccc34)ccc2-c2ccc3ccccc3c21. The molecule has 1 saturated heterocycles. The molecule has 1 fully saturated rings. The second-order valence-corrected chi connectivity index (χ2v) is 24.0. The van der Waals surface area contributed by atoms with E-state index in [1.807, 2.05) is 0 Å². The summed E-state index contributed by atoms with van der Waals surface area (Å²) in [6.45, 7) is 4.84. The van der Waals surface area contributed by atoms with Crippen LogP contribution in [0, 0.1) is 5.92 Å². The van der Waals surface area contributed by atoms with E-state index >= 15 is 0 Å². The minimum atomic E-state index is -1.80. The number of hydrogen-bond acceptors (Lipinski definition) is 1. The number of para-hydroxylation sites is 1. The Kier molecular flexibility index (Phi) is 8.63. The lowest BCUT2D eigenvalue weighted by Gasteiger charge is -2.39. The summed E-state index contributed by atoms with van der Waals surface area (Å²) in [5, 5.41) is 12.4. The van der Waals surface area contributed by atoms with Crippen LogP contribution < -0.4 is 5.19 Å². The van der Waals surface area contributed by atoms with Crippen molar-refractivity contribution in [1.82, 2.24) is 0 Å². The molecule has 310 valence electrons. The van der Waals surface area contributed by atoms with Gasteiger partial charge in [-0.05, 0) is 126 Å². The summed E-state index contributed by atoms with van der Waals surface area (Å²) < 4.78 is 6.93. The number of allylic oxidation sites excluding steroid dienone is 5. The molecule has 0 amide bonds. The maximum atomic E-state index is 6.93. The van der Waals surface area contributed by atoms with Crippen molar-refractivity contribution in [2.24, 2.45) is 5.92 Å². The zero-order chi connectivity index (χ0) is 42.6. The van der Waals surface area contributed by atoms with E-state index < -0.39 is 8.07 Å². The van der Waals surface area contributed by atoms with Crippen molar-refractivity contribution < 1.29 is 4.42 Å². The Balaban J connectivity index is 0.947. The lowest BCUT2D eigenvalue weighted by atomic mass is 9.74. The summed E-state index contributed by atoms with van der Waals surface area (Å²) in [6.07, 6.45) is 16.4. The molecule has 1 aliphatic heterocycles.